The monoisotopic (exact) mass is 295 g/mol. The zero-order valence-corrected chi connectivity index (χ0v) is 12.1. The lowest BCUT2D eigenvalue weighted by Crippen LogP contribution is -2.51. The fourth-order valence-electron chi connectivity index (χ4n) is 2.72. The molecule has 0 atom stereocenters. The Labute approximate surface area is 123 Å². The lowest BCUT2D eigenvalue weighted by Gasteiger charge is -2.28. The fourth-order valence-corrected chi connectivity index (χ4v) is 2.72. The number of nitrogens with one attached hydrogen (secondary N) is 2. The number of rotatable bonds is 6. The maximum absolute atomic E-state index is 12.0. The molecule has 116 valence electrons. The van der Waals surface area contributed by atoms with Crippen molar-refractivity contribution in [3.8, 4) is 0 Å². The second-order valence-corrected chi connectivity index (χ2v) is 5.44. The molecule has 1 aliphatic carbocycles. The third-order valence-electron chi connectivity index (χ3n) is 3.78. The van der Waals surface area contributed by atoms with Gasteiger partial charge in [0.1, 0.15) is 5.76 Å². The van der Waals surface area contributed by atoms with Gasteiger partial charge in [-0.25, -0.2) is 9.78 Å². The number of nitrogens with zero attached hydrogens (tertiary/aromatic N) is 1. The molecule has 0 aliphatic heterocycles. The van der Waals surface area contributed by atoms with Gasteiger partial charge in [-0.05, 0) is 12.8 Å². The minimum atomic E-state index is -0.891. The summed E-state index contributed by atoms with van der Waals surface area (Å²) in [7, 11) is 0. The van der Waals surface area contributed by atoms with Gasteiger partial charge in [0.15, 0.2) is 0 Å². The van der Waals surface area contributed by atoms with Crippen molar-refractivity contribution >= 4 is 12.0 Å². The quantitative estimate of drug-likeness (QED) is 0.742. The Balaban J connectivity index is 1.86. The van der Waals surface area contributed by atoms with Crippen LogP contribution in [0.4, 0.5) is 4.79 Å². The number of aliphatic carboxylic acids is 1. The van der Waals surface area contributed by atoms with E-state index in [-0.39, 0.29) is 19.0 Å². The summed E-state index contributed by atoms with van der Waals surface area (Å²) < 4.78 is 5.40. The number of hydrogen-bond donors (Lipinski definition) is 3. The largest absolute Gasteiger partial charge is 0.481 e. The number of aromatic nitrogens is 1. The van der Waals surface area contributed by atoms with E-state index in [1.807, 2.05) is 6.92 Å². The number of amides is 2. The minimum absolute atomic E-state index is 0.0423. The molecule has 1 aliphatic rings. The van der Waals surface area contributed by atoms with Gasteiger partial charge in [0.05, 0.1) is 24.7 Å². The standard InChI is InChI=1S/C14H21N3O4/c1-2-10-8-15-11(21-10)9-16-13(20)17-14(7-12(18)19)5-3-4-6-14/h8H,2-7,9H2,1H3,(H,18,19)(H2,16,17,20). The van der Waals surface area contributed by atoms with Crippen LogP contribution in [0.2, 0.25) is 0 Å². The summed E-state index contributed by atoms with van der Waals surface area (Å²) in [5.74, 6) is 0.323. The molecule has 1 fully saturated rings. The number of urea groups is 1. The third-order valence-corrected chi connectivity index (χ3v) is 3.78. The second kappa shape index (κ2) is 6.60. The molecule has 0 spiro atoms. The van der Waals surface area contributed by atoms with Crippen LogP contribution in [-0.4, -0.2) is 27.6 Å². The van der Waals surface area contributed by atoms with E-state index >= 15 is 0 Å². The molecule has 1 heterocycles. The van der Waals surface area contributed by atoms with Gasteiger partial charge in [0.2, 0.25) is 5.89 Å². The number of carboxylic acids is 1. The number of aryl methyl sites for hydroxylation is 1. The molecular formula is C14H21N3O4. The highest BCUT2D eigenvalue weighted by Crippen LogP contribution is 2.32. The Morgan fingerprint density at radius 1 is 1.43 bits per heavy atom. The van der Waals surface area contributed by atoms with Crippen molar-refractivity contribution in [3.05, 3.63) is 17.8 Å². The third kappa shape index (κ3) is 4.21. The topological polar surface area (TPSA) is 104 Å². The lowest BCUT2D eigenvalue weighted by atomic mass is 9.93. The van der Waals surface area contributed by atoms with Crippen LogP contribution in [0.3, 0.4) is 0 Å². The Hall–Kier alpha value is -2.05. The maximum atomic E-state index is 12.0. The van der Waals surface area contributed by atoms with Crippen molar-refractivity contribution in [3.63, 3.8) is 0 Å². The normalized spacial score (nSPS) is 16.6. The van der Waals surface area contributed by atoms with Crippen molar-refractivity contribution in [2.45, 2.75) is 57.5 Å². The van der Waals surface area contributed by atoms with Gasteiger partial charge in [0, 0.05) is 6.42 Å². The van der Waals surface area contributed by atoms with Crippen LogP contribution >= 0.6 is 0 Å². The number of carbonyl (C=O) groups excluding carboxylic acids is 1. The van der Waals surface area contributed by atoms with E-state index in [9.17, 15) is 9.59 Å². The van der Waals surface area contributed by atoms with Gasteiger partial charge < -0.3 is 20.2 Å². The summed E-state index contributed by atoms with van der Waals surface area (Å²) in [4.78, 5) is 27.0. The summed E-state index contributed by atoms with van der Waals surface area (Å²) >= 11 is 0. The molecule has 0 bridgehead atoms. The molecule has 0 aromatic carbocycles. The molecule has 1 aromatic rings. The van der Waals surface area contributed by atoms with Crippen LogP contribution in [0.25, 0.3) is 0 Å². The van der Waals surface area contributed by atoms with Crippen molar-refractivity contribution < 1.29 is 19.1 Å². The first-order valence-electron chi connectivity index (χ1n) is 7.24. The molecule has 2 rings (SSSR count). The molecule has 2 amide bonds. The summed E-state index contributed by atoms with van der Waals surface area (Å²) in [5, 5.41) is 14.5. The Morgan fingerprint density at radius 3 is 2.71 bits per heavy atom. The molecule has 3 N–H and O–H groups in total. The zero-order chi connectivity index (χ0) is 15.3. The molecule has 1 saturated carbocycles. The Morgan fingerprint density at radius 2 is 2.14 bits per heavy atom. The number of carbonyl (C=O) groups is 2. The van der Waals surface area contributed by atoms with Crippen molar-refractivity contribution in [2.24, 2.45) is 0 Å². The van der Waals surface area contributed by atoms with Gasteiger partial charge in [-0.1, -0.05) is 19.8 Å². The molecule has 7 heteroatoms. The van der Waals surface area contributed by atoms with Gasteiger partial charge in [-0.2, -0.15) is 0 Å². The van der Waals surface area contributed by atoms with Gasteiger partial charge in [-0.15, -0.1) is 0 Å². The molecule has 0 unspecified atom stereocenters. The van der Waals surface area contributed by atoms with Gasteiger partial charge in [-0.3, -0.25) is 4.79 Å². The van der Waals surface area contributed by atoms with Crippen LogP contribution in [0.5, 0.6) is 0 Å². The average Bonchev–Trinajstić information content (AvgIpc) is 3.05. The van der Waals surface area contributed by atoms with E-state index in [1.165, 1.54) is 0 Å². The number of hydrogen-bond acceptors (Lipinski definition) is 4. The Bertz CT molecular complexity index is 506. The van der Waals surface area contributed by atoms with Crippen molar-refractivity contribution in [1.82, 2.24) is 15.6 Å². The smallest absolute Gasteiger partial charge is 0.315 e. The van der Waals surface area contributed by atoms with E-state index in [4.69, 9.17) is 9.52 Å². The van der Waals surface area contributed by atoms with Crippen LogP contribution < -0.4 is 10.6 Å². The van der Waals surface area contributed by atoms with E-state index in [0.717, 1.165) is 25.0 Å². The highest BCUT2D eigenvalue weighted by Gasteiger charge is 2.37. The van der Waals surface area contributed by atoms with E-state index in [0.29, 0.717) is 18.7 Å². The summed E-state index contributed by atoms with van der Waals surface area (Å²) in [6.45, 7) is 2.15. The first-order chi connectivity index (χ1) is 10.0. The molecule has 7 nitrogen and oxygen atoms in total. The highest BCUT2D eigenvalue weighted by molar-refractivity contribution is 5.76. The molecular weight excluding hydrogens is 274 g/mol. The first kappa shape index (κ1) is 15.3. The van der Waals surface area contributed by atoms with Crippen molar-refractivity contribution in [1.29, 1.82) is 0 Å². The number of carboxylic acid groups (broad SMARTS) is 1. The van der Waals surface area contributed by atoms with Gasteiger partial charge >= 0.3 is 12.0 Å². The summed E-state index contributed by atoms with van der Waals surface area (Å²) in [5.41, 5.74) is -0.624. The zero-order valence-electron chi connectivity index (χ0n) is 12.1. The maximum Gasteiger partial charge on any atom is 0.315 e. The lowest BCUT2D eigenvalue weighted by molar-refractivity contribution is -0.138. The van der Waals surface area contributed by atoms with Crippen LogP contribution in [-0.2, 0) is 17.8 Å². The van der Waals surface area contributed by atoms with Crippen LogP contribution in [0.1, 0.15) is 50.7 Å². The second-order valence-electron chi connectivity index (χ2n) is 5.44. The Kier molecular flexibility index (Phi) is 4.82. The fraction of sp³-hybridized carbons (Fsp3) is 0.643. The minimum Gasteiger partial charge on any atom is -0.481 e. The molecule has 0 radical (unpaired) electrons. The predicted molar refractivity (Wildman–Crippen MR) is 74.7 cm³/mol. The highest BCUT2D eigenvalue weighted by atomic mass is 16.4. The van der Waals surface area contributed by atoms with E-state index in [2.05, 4.69) is 15.6 Å². The molecule has 1 aromatic heterocycles. The first-order valence-corrected chi connectivity index (χ1v) is 7.24. The summed E-state index contributed by atoms with van der Waals surface area (Å²) in [6, 6.07) is -0.380. The molecule has 0 saturated heterocycles. The predicted octanol–water partition coefficient (Wildman–Crippen LogP) is 1.82. The summed E-state index contributed by atoms with van der Waals surface area (Å²) in [6.07, 6.45) is 5.62. The van der Waals surface area contributed by atoms with Crippen molar-refractivity contribution in [2.75, 3.05) is 0 Å². The van der Waals surface area contributed by atoms with E-state index in [1.54, 1.807) is 6.20 Å². The number of oxazole rings is 1. The van der Waals surface area contributed by atoms with E-state index < -0.39 is 11.5 Å². The average molecular weight is 295 g/mol. The van der Waals surface area contributed by atoms with Gasteiger partial charge in [0.25, 0.3) is 0 Å². The van der Waals surface area contributed by atoms with Crippen LogP contribution in [0, 0.1) is 0 Å². The SMILES string of the molecule is CCc1cnc(CNC(=O)NC2(CC(=O)O)CCCC2)o1. The van der Waals surface area contributed by atoms with Crippen LogP contribution in [0.15, 0.2) is 10.6 Å². The molecule has 21 heavy (non-hydrogen) atoms.